The smallest absolute Gasteiger partial charge is 0.330 e. The van der Waals surface area contributed by atoms with Crippen molar-refractivity contribution in [2.24, 2.45) is 16.1 Å². The molecule has 3 atom stereocenters. The molecule has 0 aromatic heterocycles. The van der Waals surface area contributed by atoms with Gasteiger partial charge in [0.15, 0.2) is 12.5 Å². The summed E-state index contributed by atoms with van der Waals surface area (Å²) in [6, 6.07) is 6.61. The summed E-state index contributed by atoms with van der Waals surface area (Å²) in [7, 11) is 0. The number of allylic oxidation sites excluding steroid dienone is 2. The van der Waals surface area contributed by atoms with Crippen LogP contribution in [0, 0.1) is 5.41 Å². The van der Waals surface area contributed by atoms with E-state index in [2.05, 4.69) is 20.9 Å². The molecule has 1 amide bonds. The second kappa shape index (κ2) is 9.05. The first kappa shape index (κ1) is 24.5. The van der Waals surface area contributed by atoms with Crippen molar-refractivity contribution in [3.8, 4) is 0 Å². The first-order valence-electron chi connectivity index (χ1n) is 11.5. The van der Waals surface area contributed by atoms with Crippen LogP contribution in [-0.4, -0.2) is 46.9 Å². The summed E-state index contributed by atoms with van der Waals surface area (Å²) in [6.45, 7) is 0.125. The third-order valence-electron chi connectivity index (χ3n) is 7.71. The first-order valence-corrected chi connectivity index (χ1v) is 13.2. The number of nitrogens with zero attached hydrogens (tertiary/aromatic N) is 2. The van der Waals surface area contributed by atoms with Gasteiger partial charge in [0.05, 0.1) is 20.3 Å². The largest absolute Gasteiger partial charge is 0.443 e. The Balaban J connectivity index is 1.42. The van der Waals surface area contributed by atoms with Crippen LogP contribution in [0.25, 0.3) is 0 Å². The molecule has 35 heavy (non-hydrogen) atoms. The quantitative estimate of drug-likeness (QED) is 0.418. The molecule has 1 aromatic rings. The molecule has 184 valence electrons. The van der Waals surface area contributed by atoms with E-state index in [4.69, 9.17) is 33.7 Å². The molecule has 1 saturated heterocycles. The van der Waals surface area contributed by atoms with Crippen LogP contribution in [0.5, 0.6) is 0 Å². The van der Waals surface area contributed by atoms with Crippen LogP contribution in [0.3, 0.4) is 0 Å². The molecule has 1 spiro atoms. The van der Waals surface area contributed by atoms with Gasteiger partial charge in [0.2, 0.25) is 5.91 Å². The minimum atomic E-state index is -1.42. The predicted octanol–water partition coefficient (Wildman–Crippen LogP) is 4.05. The number of benzene rings is 1. The summed E-state index contributed by atoms with van der Waals surface area (Å²) in [5, 5.41) is -0.689. The monoisotopic (exact) mass is 579 g/mol. The Morgan fingerprint density at radius 2 is 1.89 bits per heavy atom. The molecule has 3 unspecified atom stereocenters. The maximum absolute atomic E-state index is 12.8. The molecule has 4 aliphatic rings. The van der Waals surface area contributed by atoms with Crippen LogP contribution in [0.15, 0.2) is 50.7 Å². The number of carbonyl (C=O) groups excluding carboxylic acids is 3. The lowest BCUT2D eigenvalue weighted by molar-refractivity contribution is -0.139. The Kier molecular flexibility index (Phi) is 6.34. The van der Waals surface area contributed by atoms with Gasteiger partial charge in [0.25, 0.3) is 0 Å². The van der Waals surface area contributed by atoms with Crippen LogP contribution in [-0.2, 0) is 31.0 Å². The second-order valence-corrected chi connectivity index (χ2v) is 11.1. The van der Waals surface area contributed by atoms with Gasteiger partial charge >= 0.3 is 5.97 Å². The number of amides is 1. The molecule has 2 aliphatic carbocycles. The fraction of sp³-hybridized carbons (Fsp3) is 0.440. The fourth-order valence-electron chi connectivity index (χ4n) is 5.80. The molecule has 2 aliphatic heterocycles. The number of ether oxygens (including phenoxy) is 1. The number of carbonyl (C=O) groups is 3. The van der Waals surface area contributed by atoms with Gasteiger partial charge in [-0.1, -0.05) is 55.1 Å². The number of rotatable bonds is 5. The van der Waals surface area contributed by atoms with Crippen molar-refractivity contribution in [3.05, 3.63) is 56.8 Å². The lowest BCUT2D eigenvalue weighted by Crippen LogP contribution is -2.52. The summed E-state index contributed by atoms with van der Waals surface area (Å²) in [5.74, 6) is -0.869. The van der Waals surface area contributed by atoms with E-state index in [0.29, 0.717) is 16.5 Å². The zero-order chi connectivity index (χ0) is 25.0. The molecule has 1 aromatic carbocycles. The third-order valence-corrected chi connectivity index (χ3v) is 9.28. The highest BCUT2D eigenvalue weighted by molar-refractivity contribution is 9.12. The highest BCUT2D eigenvalue weighted by Gasteiger charge is 2.57. The number of nitrogens with two attached hydrogens (primary N) is 1. The number of hydrogen-bond donors (Lipinski definition) is 1. The molecule has 5 rings (SSSR count). The minimum absolute atomic E-state index is 0.125. The Bertz CT molecular complexity index is 1190. The van der Waals surface area contributed by atoms with Crippen LogP contribution in [0.2, 0.25) is 0 Å². The Labute approximate surface area is 221 Å². The van der Waals surface area contributed by atoms with Gasteiger partial charge in [-0.05, 0) is 39.9 Å². The van der Waals surface area contributed by atoms with Gasteiger partial charge in [0.1, 0.15) is 11.5 Å². The van der Waals surface area contributed by atoms with Gasteiger partial charge < -0.3 is 15.4 Å². The van der Waals surface area contributed by atoms with Crippen LogP contribution >= 0.6 is 39.1 Å². The molecule has 0 radical (unpaired) electrons. The van der Waals surface area contributed by atoms with Crippen molar-refractivity contribution in [2.75, 3.05) is 6.73 Å². The fourth-order valence-corrected chi connectivity index (χ4v) is 7.64. The number of Topliss-reactive ketones (excluding diaryl/α,β-unsaturated/α-hetero) is 1. The number of primary amides is 1. The third kappa shape index (κ3) is 3.59. The van der Waals surface area contributed by atoms with Crippen LogP contribution in [0.4, 0.5) is 0 Å². The summed E-state index contributed by atoms with van der Waals surface area (Å²) < 4.78 is 5.97. The van der Waals surface area contributed by atoms with Crippen LogP contribution < -0.4 is 5.73 Å². The van der Waals surface area contributed by atoms with Crippen molar-refractivity contribution in [1.29, 1.82) is 0 Å². The molecule has 7 nitrogen and oxygen atoms in total. The Hall–Kier alpha value is -2.16. The van der Waals surface area contributed by atoms with E-state index in [9.17, 15) is 14.4 Å². The number of cyclic esters (lactones) is 1. The van der Waals surface area contributed by atoms with E-state index in [1.54, 1.807) is 12.1 Å². The van der Waals surface area contributed by atoms with Gasteiger partial charge in [-0.15, -0.1) is 11.6 Å². The average Bonchev–Trinajstić information content (AvgIpc) is 3.19. The second-order valence-electron chi connectivity index (χ2n) is 9.46. The van der Waals surface area contributed by atoms with Gasteiger partial charge in [-0.3, -0.25) is 14.6 Å². The van der Waals surface area contributed by atoms with E-state index in [0.717, 1.165) is 43.4 Å². The number of aliphatic imine (C=N–C) groups is 1. The average molecular weight is 581 g/mol. The van der Waals surface area contributed by atoms with Crippen molar-refractivity contribution in [1.82, 2.24) is 4.90 Å². The first-order chi connectivity index (χ1) is 16.7. The molecular weight excluding hydrogens is 557 g/mol. The zero-order valence-electron chi connectivity index (χ0n) is 18.8. The SMILES string of the molecule is NC(=O)C1(c2ccc(CC3C(=O)OCN3C3=C(Br)C(=O)C34CCCCC4)cc2)C(Cl)=CN=CC1Cl. The van der Waals surface area contributed by atoms with E-state index < -0.39 is 28.2 Å². The predicted molar refractivity (Wildman–Crippen MR) is 136 cm³/mol. The molecule has 2 fully saturated rings. The van der Waals surface area contributed by atoms with E-state index in [-0.39, 0.29) is 23.5 Å². The standard InChI is InChI=1S/C25H24BrCl2N3O4/c26-19-20(24(21(19)32)8-2-1-3-9-24)31-13-35-22(33)16(31)10-14-4-6-15(7-5-14)25(23(29)34)17(27)11-30-12-18(25)28/h4-7,11-12,16-17H,1-3,8-10,13H2,(H2,29,34). The van der Waals surface area contributed by atoms with E-state index in [1.165, 1.54) is 12.4 Å². The topological polar surface area (TPSA) is 102 Å². The highest BCUT2D eigenvalue weighted by atomic mass is 79.9. The number of ketones is 1. The maximum Gasteiger partial charge on any atom is 0.330 e. The van der Waals surface area contributed by atoms with E-state index >= 15 is 0 Å². The highest BCUT2D eigenvalue weighted by Crippen LogP contribution is 2.56. The van der Waals surface area contributed by atoms with Crippen molar-refractivity contribution >= 4 is 63.0 Å². The maximum atomic E-state index is 12.8. The molecule has 10 heteroatoms. The summed E-state index contributed by atoms with van der Waals surface area (Å²) in [5.41, 5.74) is 6.12. The molecule has 0 bridgehead atoms. The normalized spacial score (nSPS) is 29.8. The van der Waals surface area contributed by atoms with Crippen LogP contribution in [0.1, 0.15) is 43.2 Å². The van der Waals surface area contributed by atoms with Gasteiger partial charge in [-0.25, -0.2) is 4.79 Å². The molecular formula is C25H24BrCl2N3O4. The lowest BCUT2D eigenvalue weighted by atomic mass is 9.62. The zero-order valence-corrected chi connectivity index (χ0v) is 21.9. The number of esters is 1. The number of halogens is 3. The van der Waals surface area contributed by atoms with Gasteiger partial charge in [0, 0.05) is 24.5 Å². The Morgan fingerprint density at radius 3 is 2.51 bits per heavy atom. The van der Waals surface area contributed by atoms with Crippen molar-refractivity contribution in [3.63, 3.8) is 0 Å². The number of alkyl halides is 1. The Morgan fingerprint density at radius 1 is 1.20 bits per heavy atom. The van der Waals surface area contributed by atoms with E-state index in [1.807, 2.05) is 17.0 Å². The summed E-state index contributed by atoms with van der Waals surface area (Å²) >= 11 is 16.3. The van der Waals surface area contributed by atoms with Crippen molar-refractivity contribution in [2.45, 2.75) is 55.4 Å². The van der Waals surface area contributed by atoms with Crippen molar-refractivity contribution < 1.29 is 19.1 Å². The van der Waals surface area contributed by atoms with Gasteiger partial charge in [-0.2, -0.15) is 0 Å². The minimum Gasteiger partial charge on any atom is -0.443 e. The lowest BCUT2D eigenvalue weighted by Gasteiger charge is -2.49. The molecule has 2 heterocycles. The summed E-state index contributed by atoms with van der Waals surface area (Å²) in [6.07, 6.45) is 7.90. The summed E-state index contributed by atoms with van der Waals surface area (Å²) in [4.78, 5) is 44.0. The molecule has 1 saturated carbocycles. The molecule has 2 N–H and O–H groups in total. The number of hydrogen-bond acceptors (Lipinski definition) is 6.